The molecule has 156 valence electrons. The van der Waals surface area contributed by atoms with Crippen LogP contribution in [0.15, 0.2) is 69.5 Å². The summed E-state index contributed by atoms with van der Waals surface area (Å²) in [7, 11) is 0. The molecule has 5 rings (SSSR count). The van der Waals surface area contributed by atoms with Crippen LogP contribution in [-0.2, 0) is 0 Å². The summed E-state index contributed by atoms with van der Waals surface area (Å²) < 4.78 is 7.23. The molecule has 3 heterocycles. The molecule has 3 N–H and O–H groups in total. The maximum absolute atomic E-state index is 6.26. The number of fused-ring (bicyclic) bond motifs is 1. The molecule has 0 spiro atoms. The smallest absolute Gasteiger partial charge is 0.276 e. The first-order valence-corrected chi connectivity index (χ1v) is 11.7. The Morgan fingerprint density at radius 1 is 0.968 bits per heavy atom. The predicted octanol–water partition coefficient (Wildman–Crippen LogP) is 4.73. The van der Waals surface area contributed by atoms with Gasteiger partial charge in [0.25, 0.3) is 5.22 Å². The zero-order valence-corrected chi connectivity index (χ0v) is 18.4. The summed E-state index contributed by atoms with van der Waals surface area (Å²) >= 11 is 8.92. The number of H-pyrrole nitrogens is 1. The first-order chi connectivity index (χ1) is 15.2. The zero-order chi connectivity index (χ0) is 21.2. The van der Waals surface area contributed by atoms with Gasteiger partial charge in [0.2, 0.25) is 11.0 Å². The van der Waals surface area contributed by atoms with Crippen molar-refractivity contribution in [2.45, 2.75) is 10.4 Å². The molecule has 0 aliphatic heterocycles. The number of nitrogen functional groups attached to an aromatic ring is 1. The van der Waals surface area contributed by atoms with E-state index in [1.54, 1.807) is 12.1 Å². The number of halogens is 1. The SMILES string of the molecule is Nn1c(SCCSc2nnc(-c3ccc(Cl)cc3)o2)nnc1-c1c[nH]c2ccccc12. The fraction of sp³-hybridized carbons (Fsp3) is 0.100. The van der Waals surface area contributed by atoms with E-state index in [2.05, 4.69) is 25.4 Å². The van der Waals surface area contributed by atoms with Crippen molar-refractivity contribution >= 4 is 46.0 Å². The second kappa shape index (κ2) is 8.66. The quantitative estimate of drug-likeness (QED) is 0.200. The van der Waals surface area contributed by atoms with E-state index in [1.165, 1.54) is 28.2 Å². The molecule has 0 atom stereocenters. The number of benzene rings is 2. The summed E-state index contributed by atoms with van der Waals surface area (Å²) in [6.45, 7) is 0. The molecule has 5 aromatic rings. The minimum absolute atomic E-state index is 0.469. The lowest BCUT2D eigenvalue weighted by Crippen LogP contribution is -2.11. The molecule has 11 heteroatoms. The second-order valence-corrected chi connectivity index (χ2v) is 9.05. The lowest BCUT2D eigenvalue weighted by molar-refractivity contribution is 0.466. The van der Waals surface area contributed by atoms with Gasteiger partial charge in [-0.1, -0.05) is 53.3 Å². The fourth-order valence-electron chi connectivity index (χ4n) is 3.05. The fourth-order valence-corrected chi connectivity index (χ4v) is 4.77. The summed E-state index contributed by atoms with van der Waals surface area (Å²) in [6.07, 6.45) is 1.90. The molecule has 0 aliphatic rings. The lowest BCUT2D eigenvalue weighted by Gasteiger charge is -2.02. The molecule has 0 unspecified atom stereocenters. The monoisotopic (exact) mass is 469 g/mol. The van der Waals surface area contributed by atoms with Gasteiger partial charge in [0.05, 0.1) is 0 Å². The molecule has 2 aromatic carbocycles. The number of nitrogens with zero attached hydrogens (tertiary/aromatic N) is 5. The van der Waals surface area contributed by atoms with Crippen molar-refractivity contribution in [1.29, 1.82) is 0 Å². The van der Waals surface area contributed by atoms with Crippen molar-refractivity contribution in [3.8, 4) is 22.8 Å². The van der Waals surface area contributed by atoms with E-state index in [9.17, 15) is 0 Å². The van der Waals surface area contributed by atoms with Crippen LogP contribution in [-0.4, -0.2) is 41.6 Å². The Kier molecular flexibility index (Phi) is 5.58. The molecule has 3 aromatic heterocycles. The molecule has 0 radical (unpaired) electrons. The van der Waals surface area contributed by atoms with Crippen LogP contribution >= 0.6 is 35.1 Å². The Labute approximate surface area is 190 Å². The Balaban J connectivity index is 1.20. The Bertz CT molecular complexity index is 1330. The molecule has 0 bridgehead atoms. The van der Waals surface area contributed by atoms with E-state index >= 15 is 0 Å². The van der Waals surface area contributed by atoms with E-state index in [0.717, 1.165) is 33.5 Å². The highest BCUT2D eigenvalue weighted by atomic mass is 35.5. The van der Waals surface area contributed by atoms with Crippen LogP contribution in [0.1, 0.15) is 0 Å². The van der Waals surface area contributed by atoms with Crippen molar-refractivity contribution in [1.82, 2.24) is 30.1 Å². The topological polar surface area (TPSA) is 111 Å². The highest BCUT2D eigenvalue weighted by Crippen LogP contribution is 2.29. The standard InChI is InChI=1S/C20H16ClN7OS2/c21-13-7-5-12(6-8-13)18-25-27-20(29-18)31-10-9-30-19-26-24-17(28(19)22)15-11-23-16-4-2-1-3-14(15)16/h1-8,11,23H,9-10,22H2. The Hall–Kier alpha value is -2.95. The number of hydrogen-bond acceptors (Lipinski definition) is 8. The van der Waals surface area contributed by atoms with E-state index in [0.29, 0.717) is 27.1 Å². The number of thioether (sulfide) groups is 2. The van der Waals surface area contributed by atoms with Crippen LogP contribution in [0.3, 0.4) is 0 Å². The maximum atomic E-state index is 6.26. The Morgan fingerprint density at radius 2 is 1.77 bits per heavy atom. The van der Waals surface area contributed by atoms with Crippen molar-refractivity contribution in [3.05, 3.63) is 59.8 Å². The summed E-state index contributed by atoms with van der Waals surface area (Å²) in [5, 5.41) is 19.6. The average molecular weight is 470 g/mol. The van der Waals surface area contributed by atoms with E-state index < -0.39 is 0 Å². The van der Waals surface area contributed by atoms with Gasteiger partial charge < -0.3 is 15.2 Å². The van der Waals surface area contributed by atoms with Gasteiger partial charge in [-0.2, -0.15) is 0 Å². The third-order valence-corrected chi connectivity index (χ3v) is 6.81. The number of nitrogens with one attached hydrogen (secondary N) is 1. The first kappa shape index (κ1) is 20.0. The van der Waals surface area contributed by atoms with Gasteiger partial charge in [0.15, 0.2) is 5.82 Å². The third kappa shape index (κ3) is 4.14. The van der Waals surface area contributed by atoms with Gasteiger partial charge in [0, 0.05) is 44.8 Å². The third-order valence-electron chi connectivity index (χ3n) is 4.53. The molecular weight excluding hydrogens is 454 g/mol. The molecule has 8 nitrogen and oxygen atoms in total. The number of aromatic nitrogens is 6. The van der Waals surface area contributed by atoms with Crippen LogP contribution in [0.5, 0.6) is 0 Å². The van der Waals surface area contributed by atoms with Gasteiger partial charge in [-0.05, 0) is 30.3 Å². The number of hydrogen-bond donors (Lipinski definition) is 2. The van der Waals surface area contributed by atoms with E-state index in [-0.39, 0.29) is 0 Å². The van der Waals surface area contributed by atoms with Gasteiger partial charge in [-0.3, -0.25) is 0 Å². The van der Waals surface area contributed by atoms with Gasteiger partial charge in [-0.15, -0.1) is 20.4 Å². The Morgan fingerprint density at radius 3 is 2.65 bits per heavy atom. The van der Waals surface area contributed by atoms with Crippen molar-refractivity contribution in [2.24, 2.45) is 0 Å². The summed E-state index contributed by atoms with van der Waals surface area (Å²) in [6, 6.07) is 15.3. The van der Waals surface area contributed by atoms with Crippen LogP contribution in [0.25, 0.3) is 33.7 Å². The van der Waals surface area contributed by atoms with Gasteiger partial charge >= 0.3 is 0 Å². The minimum atomic E-state index is 0.469. The number of aromatic amines is 1. The highest BCUT2D eigenvalue weighted by molar-refractivity contribution is 8.02. The van der Waals surface area contributed by atoms with Crippen molar-refractivity contribution < 1.29 is 4.42 Å². The van der Waals surface area contributed by atoms with E-state index in [1.807, 2.05) is 42.6 Å². The van der Waals surface area contributed by atoms with Crippen LogP contribution < -0.4 is 5.84 Å². The molecule has 0 amide bonds. The minimum Gasteiger partial charge on any atom is -0.411 e. The van der Waals surface area contributed by atoms with Crippen molar-refractivity contribution in [2.75, 3.05) is 17.3 Å². The maximum Gasteiger partial charge on any atom is 0.276 e. The largest absolute Gasteiger partial charge is 0.411 e. The summed E-state index contributed by atoms with van der Waals surface area (Å²) in [5.74, 6) is 8.86. The zero-order valence-electron chi connectivity index (χ0n) is 16.0. The van der Waals surface area contributed by atoms with Crippen LogP contribution in [0.4, 0.5) is 0 Å². The predicted molar refractivity (Wildman–Crippen MR) is 124 cm³/mol. The number of rotatable bonds is 7. The van der Waals surface area contributed by atoms with Crippen LogP contribution in [0.2, 0.25) is 5.02 Å². The van der Waals surface area contributed by atoms with Gasteiger partial charge in [0.1, 0.15) is 0 Å². The molecular formula is C20H16ClN7OS2. The summed E-state index contributed by atoms with van der Waals surface area (Å²) in [4.78, 5) is 3.23. The molecule has 0 saturated heterocycles. The molecule has 0 saturated carbocycles. The summed E-state index contributed by atoms with van der Waals surface area (Å²) in [5.41, 5.74) is 2.79. The van der Waals surface area contributed by atoms with E-state index in [4.69, 9.17) is 21.9 Å². The number of nitrogens with two attached hydrogens (primary N) is 1. The molecule has 0 fully saturated rings. The second-order valence-electron chi connectivity index (χ2n) is 6.50. The average Bonchev–Trinajstić information content (AvgIpc) is 3.51. The molecule has 31 heavy (non-hydrogen) atoms. The lowest BCUT2D eigenvalue weighted by atomic mass is 10.2. The molecule has 0 aliphatic carbocycles. The van der Waals surface area contributed by atoms with Gasteiger partial charge in [-0.25, -0.2) is 4.68 Å². The first-order valence-electron chi connectivity index (χ1n) is 9.31. The number of para-hydroxylation sites is 1. The van der Waals surface area contributed by atoms with Crippen LogP contribution in [0, 0.1) is 0 Å². The normalized spacial score (nSPS) is 11.4. The van der Waals surface area contributed by atoms with Crippen molar-refractivity contribution in [3.63, 3.8) is 0 Å². The highest BCUT2D eigenvalue weighted by Gasteiger charge is 2.16.